The number of carbonyl (C=O) groups excluding carboxylic acids is 1. The molecule has 0 spiro atoms. The van der Waals surface area contributed by atoms with Gasteiger partial charge in [0.2, 0.25) is 0 Å². The van der Waals surface area contributed by atoms with Gasteiger partial charge in [0.15, 0.2) is 0 Å². The molecule has 1 aromatic carbocycles. The number of aromatic nitrogens is 2. The van der Waals surface area contributed by atoms with Crippen LogP contribution in [0, 0.1) is 0 Å². The molecule has 1 aliphatic rings. The van der Waals surface area contributed by atoms with E-state index in [4.69, 9.17) is 16.3 Å². The number of halogens is 1. The van der Waals surface area contributed by atoms with E-state index in [9.17, 15) is 4.79 Å². The Morgan fingerprint density at radius 2 is 2.00 bits per heavy atom. The smallest absolute Gasteiger partial charge is 0.410 e. The van der Waals surface area contributed by atoms with Gasteiger partial charge in [0.05, 0.1) is 17.9 Å². The van der Waals surface area contributed by atoms with Gasteiger partial charge >= 0.3 is 6.09 Å². The molecular weight excluding hydrogens is 314 g/mol. The number of ether oxygens (including phenoxy) is 1. The average molecular weight is 334 g/mol. The third-order valence-corrected chi connectivity index (χ3v) is 3.95. The van der Waals surface area contributed by atoms with Gasteiger partial charge in [0.25, 0.3) is 0 Å². The van der Waals surface area contributed by atoms with Crippen LogP contribution in [0.5, 0.6) is 0 Å². The molecule has 2 aromatic rings. The molecule has 0 aliphatic carbocycles. The summed E-state index contributed by atoms with van der Waals surface area (Å²) in [5.74, 6) is 0. The molecule has 5 nitrogen and oxygen atoms in total. The first-order chi connectivity index (χ1) is 10.8. The number of carbonyl (C=O) groups is 1. The van der Waals surface area contributed by atoms with Crippen LogP contribution in [0.2, 0.25) is 5.02 Å². The fourth-order valence-electron chi connectivity index (χ4n) is 2.65. The molecule has 0 unspecified atom stereocenters. The number of hydrogen-bond acceptors (Lipinski definition) is 3. The van der Waals surface area contributed by atoms with Gasteiger partial charge in [-0.05, 0) is 39.3 Å². The largest absolute Gasteiger partial charge is 0.444 e. The van der Waals surface area contributed by atoms with E-state index < -0.39 is 5.60 Å². The number of nitrogens with one attached hydrogen (secondary N) is 1. The normalized spacial score (nSPS) is 14.5. The summed E-state index contributed by atoms with van der Waals surface area (Å²) in [5.41, 5.74) is 3.59. The molecule has 1 N–H and O–H groups in total. The lowest BCUT2D eigenvalue weighted by Gasteiger charge is -2.29. The summed E-state index contributed by atoms with van der Waals surface area (Å²) in [6.07, 6.45) is 0.467. The van der Waals surface area contributed by atoms with Crippen LogP contribution >= 0.6 is 11.6 Å². The SMILES string of the molecule is CC(C)(C)OC(=O)N1CCc2c(-c3ccc(Cl)cc3)n[nH]c2C1. The second-order valence-electron chi connectivity index (χ2n) is 6.69. The van der Waals surface area contributed by atoms with Gasteiger partial charge in [-0.15, -0.1) is 0 Å². The maximum atomic E-state index is 12.2. The molecule has 1 amide bonds. The van der Waals surface area contributed by atoms with Crippen molar-refractivity contribution in [3.63, 3.8) is 0 Å². The fourth-order valence-corrected chi connectivity index (χ4v) is 2.77. The van der Waals surface area contributed by atoms with Crippen LogP contribution in [-0.2, 0) is 17.7 Å². The maximum absolute atomic E-state index is 12.2. The zero-order valence-electron chi connectivity index (χ0n) is 13.5. The Balaban J connectivity index is 1.79. The van der Waals surface area contributed by atoms with Crippen LogP contribution in [0.1, 0.15) is 32.0 Å². The number of nitrogens with zero attached hydrogens (tertiary/aromatic N) is 2. The first-order valence-electron chi connectivity index (χ1n) is 7.63. The van der Waals surface area contributed by atoms with Crippen molar-refractivity contribution in [1.82, 2.24) is 15.1 Å². The highest BCUT2D eigenvalue weighted by Crippen LogP contribution is 2.29. The predicted octanol–water partition coefficient (Wildman–Crippen LogP) is 4.02. The Labute approximate surface area is 140 Å². The molecule has 0 bridgehead atoms. The summed E-state index contributed by atoms with van der Waals surface area (Å²) < 4.78 is 5.43. The van der Waals surface area contributed by atoms with Gasteiger partial charge in [-0.25, -0.2) is 4.79 Å². The topological polar surface area (TPSA) is 58.2 Å². The van der Waals surface area contributed by atoms with Gasteiger partial charge in [-0.1, -0.05) is 23.7 Å². The molecule has 0 atom stereocenters. The molecule has 0 saturated carbocycles. The molecule has 1 aliphatic heterocycles. The first kappa shape index (κ1) is 15.9. The number of amides is 1. The van der Waals surface area contributed by atoms with Crippen LogP contribution in [0.3, 0.4) is 0 Å². The fraction of sp³-hybridized carbons (Fsp3) is 0.412. The number of H-pyrrole nitrogens is 1. The van der Waals surface area contributed by atoms with Crippen molar-refractivity contribution in [2.24, 2.45) is 0 Å². The third kappa shape index (κ3) is 3.50. The molecule has 0 radical (unpaired) electrons. The summed E-state index contributed by atoms with van der Waals surface area (Å²) in [6, 6.07) is 7.62. The van der Waals surface area contributed by atoms with Crippen molar-refractivity contribution in [3.8, 4) is 11.3 Å². The van der Waals surface area contributed by atoms with Gasteiger partial charge < -0.3 is 9.64 Å². The van der Waals surface area contributed by atoms with Crippen molar-refractivity contribution < 1.29 is 9.53 Å². The average Bonchev–Trinajstić information content (AvgIpc) is 2.89. The Kier molecular flexibility index (Phi) is 4.06. The molecule has 0 saturated heterocycles. The first-order valence-corrected chi connectivity index (χ1v) is 8.01. The monoisotopic (exact) mass is 333 g/mol. The standard InChI is InChI=1S/C17H20ClN3O2/c1-17(2,3)23-16(22)21-9-8-13-14(10-21)19-20-15(13)11-4-6-12(18)7-5-11/h4-7H,8-10H2,1-3H3,(H,19,20). The number of benzene rings is 1. The molecule has 122 valence electrons. The van der Waals surface area contributed by atoms with Crippen LogP contribution in [0.25, 0.3) is 11.3 Å². The van der Waals surface area contributed by atoms with E-state index in [2.05, 4.69) is 10.2 Å². The Morgan fingerprint density at radius 1 is 1.30 bits per heavy atom. The Bertz CT molecular complexity index is 716. The molecule has 0 fully saturated rings. The molecule has 1 aromatic heterocycles. The Hall–Kier alpha value is -2.01. The van der Waals surface area contributed by atoms with E-state index in [1.165, 1.54) is 0 Å². The summed E-state index contributed by atoms with van der Waals surface area (Å²) in [7, 11) is 0. The van der Waals surface area contributed by atoms with Crippen molar-refractivity contribution in [2.75, 3.05) is 6.54 Å². The zero-order chi connectivity index (χ0) is 16.6. The Morgan fingerprint density at radius 3 is 2.65 bits per heavy atom. The minimum atomic E-state index is -0.486. The molecule has 6 heteroatoms. The van der Waals surface area contributed by atoms with E-state index >= 15 is 0 Å². The lowest BCUT2D eigenvalue weighted by Crippen LogP contribution is -2.39. The highest BCUT2D eigenvalue weighted by molar-refractivity contribution is 6.30. The van der Waals surface area contributed by atoms with Gasteiger partial charge in [-0.3, -0.25) is 5.10 Å². The van der Waals surface area contributed by atoms with Crippen molar-refractivity contribution >= 4 is 17.7 Å². The van der Waals surface area contributed by atoms with Crippen LogP contribution in [0.15, 0.2) is 24.3 Å². The van der Waals surface area contributed by atoms with E-state index in [0.29, 0.717) is 18.1 Å². The van der Waals surface area contributed by atoms with E-state index in [1.54, 1.807) is 4.90 Å². The highest BCUT2D eigenvalue weighted by atomic mass is 35.5. The number of fused-ring (bicyclic) bond motifs is 1. The van der Waals surface area contributed by atoms with Crippen molar-refractivity contribution in [2.45, 2.75) is 39.3 Å². The second kappa shape index (κ2) is 5.89. The van der Waals surface area contributed by atoms with Crippen molar-refractivity contribution in [1.29, 1.82) is 0 Å². The number of hydrogen-bond donors (Lipinski definition) is 1. The van der Waals surface area contributed by atoms with Gasteiger partial charge in [-0.2, -0.15) is 5.10 Å². The van der Waals surface area contributed by atoms with Crippen LogP contribution < -0.4 is 0 Å². The summed E-state index contributed by atoms with van der Waals surface area (Å²) in [4.78, 5) is 13.9. The quantitative estimate of drug-likeness (QED) is 0.857. The van der Waals surface area contributed by atoms with E-state index in [-0.39, 0.29) is 6.09 Å². The maximum Gasteiger partial charge on any atom is 0.410 e. The van der Waals surface area contributed by atoms with Crippen LogP contribution in [-0.4, -0.2) is 33.3 Å². The van der Waals surface area contributed by atoms with Gasteiger partial charge in [0.1, 0.15) is 5.60 Å². The third-order valence-electron chi connectivity index (χ3n) is 3.70. The summed E-state index contributed by atoms with van der Waals surface area (Å²) in [6.45, 7) is 6.73. The van der Waals surface area contributed by atoms with E-state index in [0.717, 1.165) is 28.9 Å². The zero-order valence-corrected chi connectivity index (χ0v) is 14.3. The predicted molar refractivity (Wildman–Crippen MR) is 89.4 cm³/mol. The molecular formula is C17H20ClN3O2. The van der Waals surface area contributed by atoms with Crippen LogP contribution in [0.4, 0.5) is 4.79 Å². The summed E-state index contributed by atoms with van der Waals surface area (Å²) in [5, 5.41) is 8.18. The number of rotatable bonds is 1. The lowest BCUT2D eigenvalue weighted by molar-refractivity contribution is 0.0221. The minimum absolute atomic E-state index is 0.286. The molecule has 2 heterocycles. The molecule has 3 rings (SSSR count). The minimum Gasteiger partial charge on any atom is -0.444 e. The number of aromatic amines is 1. The van der Waals surface area contributed by atoms with E-state index in [1.807, 2.05) is 45.0 Å². The molecule has 23 heavy (non-hydrogen) atoms. The summed E-state index contributed by atoms with van der Waals surface area (Å²) >= 11 is 5.94. The van der Waals surface area contributed by atoms with Gasteiger partial charge in [0, 0.05) is 22.7 Å². The van der Waals surface area contributed by atoms with Crippen molar-refractivity contribution in [3.05, 3.63) is 40.5 Å². The lowest BCUT2D eigenvalue weighted by atomic mass is 10.0. The highest BCUT2D eigenvalue weighted by Gasteiger charge is 2.28. The second-order valence-corrected chi connectivity index (χ2v) is 7.12.